The van der Waals surface area contributed by atoms with Gasteiger partial charge in [0.25, 0.3) is 0 Å². The van der Waals surface area contributed by atoms with Gasteiger partial charge in [0.15, 0.2) is 0 Å². The summed E-state index contributed by atoms with van der Waals surface area (Å²) in [5.41, 5.74) is 0. The van der Waals surface area contributed by atoms with E-state index in [0.717, 1.165) is 6.21 Å². The van der Waals surface area contributed by atoms with E-state index in [9.17, 15) is 4.79 Å². The topological polar surface area (TPSA) is 58.9 Å². The van der Waals surface area contributed by atoms with E-state index in [1.165, 1.54) is 6.92 Å². The Kier molecular flexibility index (Phi) is 3.56. The molecule has 0 rings (SSSR count). The van der Waals surface area contributed by atoms with Gasteiger partial charge >= 0.3 is 5.97 Å². The molecule has 0 spiro atoms. The van der Waals surface area contributed by atoms with Gasteiger partial charge in [-0.1, -0.05) is 5.16 Å². The van der Waals surface area contributed by atoms with E-state index < -0.39 is 0 Å². The first-order valence-electron chi connectivity index (χ1n) is 2.06. The van der Waals surface area contributed by atoms with Gasteiger partial charge in [0.05, 0.1) is 6.21 Å². The van der Waals surface area contributed by atoms with Crippen molar-refractivity contribution in [1.29, 1.82) is 0 Å². The normalized spacial score (nSPS) is 9.62. The van der Waals surface area contributed by atoms with Crippen molar-refractivity contribution in [1.82, 2.24) is 0 Å². The average Bonchev–Trinajstić information content (AvgIpc) is 1.66. The summed E-state index contributed by atoms with van der Waals surface area (Å²) >= 11 is 0. The van der Waals surface area contributed by atoms with Gasteiger partial charge in [-0.25, -0.2) is 0 Å². The monoisotopic (exact) mass is 117 g/mol. The average molecular weight is 117 g/mol. The minimum Gasteiger partial charge on any atom is -0.460 e. The highest BCUT2D eigenvalue weighted by atomic mass is 16.5. The predicted molar refractivity (Wildman–Crippen MR) is 26.9 cm³/mol. The number of oxime groups is 1. The van der Waals surface area contributed by atoms with E-state index in [0.29, 0.717) is 0 Å². The van der Waals surface area contributed by atoms with Crippen molar-refractivity contribution in [2.24, 2.45) is 5.16 Å². The quantitative estimate of drug-likeness (QED) is 0.240. The molecule has 4 heteroatoms. The Morgan fingerprint density at radius 2 is 2.62 bits per heavy atom. The first-order valence-corrected chi connectivity index (χ1v) is 2.06. The molecule has 0 saturated heterocycles. The van der Waals surface area contributed by atoms with Gasteiger partial charge in [0, 0.05) is 6.92 Å². The number of carbonyl (C=O) groups is 1. The maximum absolute atomic E-state index is 9.95. The van der Waals surface area contributed by atoms with Crippen molar-refractivity contribution in [3.05, 3.63) is 0 Å². The van der Waals surface area contributed by atoms with Crippen LogP contribution in [0.1, 0.15) is 6.92 Å². The largest absolute Gasteiger partial charge is 0.460 e. The van der Waals surface area contributed by atoms with Crippen LogP contribution in [0.25, 0.3) is 0 Å². The summed E-state index contributed by atoms with van der Waals surface area (Å²) in [6.07, 6.45) is 1.08. The maximum atomic E-state index is 9.95. The lowest BCUT2D eigenvalue weighted by molar-refractivity contribution is -0.139. The van der Waals surface area contributed by atoms with E-state index in [1.807, 2.05) is 0 Å². The molecule has 0 saturated carbocycles. The highest BCUT2D eigenvalue weighted by Gasteiger charge is 1.85. The molecule has 0 aromatic carbocycles. The molecule has 0 aliphatic rings. The lowest BCUT2D eigenvalue weighted by atomic mass is 10.7. The molecule has 0 aliphatic heterocycles. The van der Waals surface area contributed by atoms with Gasteiger partial charge in [-0.05, 0) is 0 Å². The summed E-state index contributed by atoms with van der Waals surface area (Å²) in [5.74, 6) is -0.384. The number of nitrogens with zero attached hydrogens (tertiary/aromatic N) is 1. The summed E-state index contributed by atoms with van der Waals surface area (Å²) in [6, 6.07) is 0. The Morgan fingerprint density at radius 1 is 2.00 bits per heavy atom. The summed E-state index contributed by atoms with van der Waals surface area (Å²) < 4.78 is 4.33. The van der Waals surface area contributed by atoms with Gasteiger partial charge < -0.3 is 9.94 Å². The van der Waals surface area contributed by atoms with Crippen LogP contribution in [0.4, 0.5) is 0 Å². The summed E-state index contributed by atoms with van der Waals surface area (Å²) in [4.78, 5) is 9.95. The number of rotatable bonds is 2. The molecule has 4 nitrogen and oxygen atoms in total. The number of carbonyl (C=O) groups excluding carboxylic acids is 1. The Labute approximate surface area is 46.8 Å². The summed E-state index contributed by atoms with van der Waals surface area (Å²) in [5, 5.41) is 10.4. The molecule has 0 aromatic rings. The molecule has 0 bridgehead atoms. The van der Waals surface area contributed by atoms with Gasteiger partial charge in [-0.15, -0.1) is 0 Å². The van der Waals surface area contributed by atoms with E-state index in [1.54, 1.807) is 0 Å². The van der Waals surface area contributed by atoms with Crippen molar-refractivity contribution in [2.45, 2.75) is 6.92 Å². The molecule has 0 aromatic heterocycles. The predicted octanol–water partition coefficient (Wildman–Crippen LogP) is 0.00950. The molecular formula is C4H7NO3. The molecule has 0 atom stereocenters. The first kappa shape index (κ1) is 6.94. The third kappa shape index (κ3) is 4.94. The second-order valence-corrected chi connectivity index (χ2v) is 1.10. The fourth-order valence-electron chi connectivity index (χ4n) is 0.188. The molecule has 46 valence electrons. The van der Waals surface area contributed by atoms with Crippen LogP contribution in [-0.4, -0.2) is 24.0 Å². The molecule has 0 aliphatic carbocycles. The summed E-state index contributed by atoms with van der Waals surface area (Å²) in [6.45, 7) is 1.32. The Hall–Kier alpha value is -1.06. The number of ether oxygens (including phenoxy) is 1. The van der Waals surface area contributed by atoms with Crippen molar-refractivity contribution in [2.75, 3.05) is 6.61 Å². The Bertz CT molecular complexity index is 99.5. The molecule has 0 radical (unpaired) electrons. The zero-order valence-electron chi connectivity index (χ0n) is 4.50. The van der Waals surface area contributed by atoms with Crippen LogP contribution in [0.3, 0.4) is 0 Å². The van der Waals surface area contributed by atoms with Crippen molar-refractivity contribution in [3.63, 3.8) is 0 Å². The van der Waals surface area contributed by atoms with E-state index in [-0.39, 0.29) is 12.6 Å². The molecular weight excluding hydrogens is 110 g/mol. The van der Waals surface area contributed by atoms with Gasteiger partial charge in [0.2, 0.25) is 0 Å². The Balaban J connectivity index is 3.05. The molecule has 0 unspecified atom stereocenters. The molecule has 1 N–H and O–H groups in total. The van der Waals surface area contributed by atoms with Crippen LogP contribution >= 0.6 is 0 Å². The smallest absolute Gasteiger partial charge is 0.302 e. The zero-order chi connectivity index (χ0) is 6.41. The Morgan fingerprint density at radius 3 is 3.00 bits per heavy atom. The van der Waals surface area contributed by atoms with E-state index >= 15 is 0 Å². The van der Waals surface area contributed by atoms with Crippen LogP contribution in [-0.2, 0) is 9.53 Å². The van der Waals surface area contributed by atoms with Gasteiger partial charge in [-0.3, -0.25) is 4.79 Å². The van der Waals surface area contributed by atoms with Gasteiger partial charge in [-0.2, -0.15) is 0 Å². The number of esters is 1. The lowest BCUT2D eigenvalue weighted by Crippen LogP contribution is -2.00. The number of hydrogen-bond acceptors (Lipinski definition) is 4. The highest BCUT2D eigenvalue weighted by Crippen LogP contribution is 1.70. The molecule has 8 heavy (non-hydrogen) atoms. The number of hydrogen-bond donors (Lipinski definition) is 1. The lowest BCUT2D eigenvalue weighted by Gasteiger charge is -1.90. The highest BCUT2D eigenvalue weighted by molar-refractivity contribution is 5.69. The van der Waals surface area contributed by atoms with Crippen LogP contribution in [0.2, 0.25) is 0 Å². The zero-order valence-corrected chi connectivity index (χ0v) is 4.50. The fourth-order valence-corrected chi connectivity index (χ4v) is 0.188. The van der Waals surface area contributed by atoms with Crippen LogP contribution < -0.4 is 0 Å². The van der Waals surface area contributed by atoms with Crippen LogP contribution in [0, 0.1) is 0 Å². The van der Waals surface area contributed by atoms with Crippen molar-refractivity contribution < 1.29 is 14.7 Å². The minimum absolute atomic E-state index is 0.0336. The van der Waals surface area contributed by atoms with Crippen LogP contribution in [0.5, 0.6) is 0 Å². The van der Waals surface area contributed by atoms with Crippen molar-refractivity contribution >= 4 is 12.2 Å². The second-order valence-electron chi connectivity index (χ2n) is 1.10. The van der Waals surface area contributed by atoms with Crippen LogP contribution in [0.15, 0.2) is 5.16 Å². The van der Waals surface area contributed by atoms with E-state index in [2.05, 4.69) is 9.89 Å². The third-order valence-corrected chi connectivity index (χ3v) is 0.443. The third-order valence-electron chi connectivity index (χ3n) is 0.443. The molecule has 0 heterocycles. The van der Waals surface area contributed by atoms with Gasteiger partial charge in [0.1, 0.15) is 6.61 Å². The first-order chi connectivity index (χ1) is 3.77. The minimum atomic E-state index is -0.384. The standard InChI is InChI=1S/C4H7NO3/c1-4(6)8-3-2-5-7/h2,7H,3H2,1H3/b5-2+. The van der Waals surface area contributed by atoms with Crippen molar-refractivity contribution in [3.8, 4) is 0 Å². The van der Waals surface area contributed by atoms with E-state index in [4.69, 9.17) is 5.21 Å². The maximum Gasteiger partial charge on any atom is 0.302 e. The SMILES string of the molecule is CC(=O)OC/C=N/O. The second kappa shape index (κ2) is 4.11. The molecule has 0 fully saturated rings. The fraction of sp³-hybridized carbons (Fsp3) is 0.500. The summed E-state index contributed by atoms with van der Waals surface area (Å²) in [7, 11) is 0. The molecule has 0 amide bonds.